The van der Waals surface area contributed by atoms with Crippen LogP contribution in [0.5, 0.6) is 0 Å². The summed E-state index contributed by atoms with van der Waals surface area (Å²) < 4.78 is 0. The minimum atomic E-state index is -0.00492. The third kappa shape index (κ3) is 3.51. The number of hydrogen-bond acceptors (Lipinski definition) is 3. The van der Waals surface area contributed by atoms with Crippen LogP contribution >= 0.6 is 0 Å². The summed E-state index contributed by atoms with van der Waals surface area (Å²) in [6, 6.07) is 11.9. The fourth-order valence-corrected chi connectivity index (χ4v) is 2.53. The van der Waals surface area contributed by atoms with Gasteiger partial charge in [0.05, 0.1) is 11.9 Å². The molecule has 0 radical (unpaired) electrons. The van der Waals surface area contributed by atoms with E-state index >= 15 is 0 Å². The zero-order valence-electron chi connectivity index (χ0n) is 13.3. The normalized spacial score (nSPS) is 10.7. The molecule has 0 spiro atoms. The number of anilines is 2. The van der Waals surface area contributed by atoms with E-state index in [2.05, 4.69) is 21.4 Å². The molecule has 0 saturated heterocycles. The van der Waals surface area contributed by atoms with E-state index in [1.165, 1.54) is 5.39 Å². The predicted molar refractivity (Wildman–Crippen MR) is 93.8 cm³/mol. The van der Waals surface area contributed by atoms with E-state index in [-0.39, 0.29) is 5.91 Å². The predicted octanol–water partition coefficient (Wildman–Crippen LogP) is 3.20. The number of aromatic amines is 1. The van der Waals surface area contributed by atoms with Gasteiger partial charge in [0.1, 0.15) is 5.82 Å². The van der Waals surface area contributed by atoms with Crippen molar-refractivity contribution in [1.29, 1.82) is 0 Å². The summed E-state index contributed by atoms with van der Waals surface area (Å²) in [6.45, 7) is 0. The topological polar surface area (TPSA) is 61.0 Å². The minimum Gasteiger partial charge on any atom is -0.363 e. The lowest BCUT2D eigenvalue weighted by molar-refractivity contribution is -0.116. The highest BCUT2D eigenvalue weighted by Gasteiger charge is 2.07. The molecule has 1 aromatic carbocycles. The highest BCUT2D eigenvalue weighted by molar-refractivity contribution is 5.91. The molecule has 0 aliphatic heterocycles. The third-order valence-electron chi connectivity index (χ3n) is 3.79. The summed E-state index contributed by atoms with van der Waals surface area (Å²) in [7, 11) is 3.86. The Hall–Kier alpha value is -2.82. The number of para-hydroxylation sites is 1. The molecule has 0 aliphatic carbocycles. The molecule has 0 saturated carbocycles. The quantitative estimate of drug-likeness (QED) is 0.761. The third-order valence-corrected chi connectivity index (χ3v) is 3.79. The summed E-state index contributed by atoms with van der Waals surface area (Å²) in [5.74, 6) is 0.858. The summed E-state index contributed by atoms with van der Waals surface area (Å²) >= 11 is 0. The molecule has 0 fully saturated rings. The number of rotatable bonds is 5. The molecule has 3 rings (SSSR count). The van der Waals surface area contributed by atoms with Crippen LogP contribution in [0.2, 0.25) is 0 Å². The maximum absolute atomic E-state index is 12.1. The average Bonchev–Trinajstić information content (AvgIpc) is 2.97. The summed E-state index contributed by atoms with van der Waals surface area (Å²) in [4.78, 5) is 21.5. The summed E-state index contributed by atoms with van der Waals surface area (Å²) in [5.41, 5.74) is 2.99. The zero-order valence-corrected chi connectivity index (χ0v) is 13.3. The molecule has 2 aromatic heterocycles. The van der Waals surface area contributed by atoms with Crippen molar-refractivity contribution in [2.45, 2.75) is 12.8 Å². The van der Waals surface area contributed by atoms with E-state index in [4.69, 9.17) is 0 Å². The van der Waals surface area contributed by atoms with Crippen molar-refractivity contribution in [2.24, 2.45) is 0 Å². The van der Waals surface area contributed by atoms with Crippen molar-refractivity contribution in [1.82, 2.24) is 9.97 Å². The van der Waals surface area contributed by atoms with Crippen molar-refractivity contribution in [3.8, 4) is 0 Å². The number of H-pyrrole nitrogens is 1. The number of pyridine rings is 1. The first kappa shape index (κ1) is 15.1. The first-order valence-electron chi connectivity index (χ1n) is 7.62. The lowest BCUT2D eigenvalue weighted by Crippen LogP contribution is -2.14. The van der Waals surface area contributed by atoms with Gasteiger partial charge in [0.25, 0.3) is 0 Å². The number of nitrogens with one attached hydrogen (secondary N) is 2. The molecule has 118 valence electrons. The van der Waals surface area contributed by atoms with Crippen molar-refractivity contribution < 1.29 is 4.79 Å². The highest BCUT2D eigenvalue weighted by atomic mass is 16.1. The van der Waals surface area contributed by atoms with Gasteiger partial charge in [-0.15, -0.1) is 0 Å². The second-order valence-corrected chi connectivity index (χ2v) is 5.71. The van der Waals surface area contributed by atoms with Gasteiger partial charge < -0.3 is 15.2 Å². The SMILES string of the molecule is CN(C)c1ccc(NC(=O)CCc2c[nH]c3ccccc23)cn1. The van der Waals surface area contributed by atoms with Crippen LogP contribution in [0, 0.1) is 0 Å². The van der Waals surface area contributed by atoms with Gasteiger partial charge in [-0.1, -0.05) is 18.2 Å². The Bertz CT molecular complexity index is 805. The first-order chi connectivity index (χ1) is 11.1. The number of carbonyl (C=O) groups excluding carboxylic acids is 1. The largest absolute Gasteiger partial charge is 0.363 e. The molecule has 1 amide bonds. The second kappa shape index (κ2) is 6.52. The summed E-state index contributed by atoms with van der Waals surface area (Å²) in [5, 5.41) is 4.07. The van der Waals surface area contributed by atoms with E-state index in [0.29, 0.717) is 12.8 Å². The van der Waals surface area contributed by atoms with Gasteiger partial charge in [-0.3, -0.25) is 4.79 Å². The number of nitrogens with zero attached hydrogens (tertiary/aromatic N) is 2. The van der Waals surface area contributed by atoms with Crippen LogP contribution in [-0.2, 0) is 11.2 Å². The van der Waals surface area contributed by atoms with E-state index in [9.17, 15) is 4.79 Å². The number of benzene rings is 1. The van der Waals surface area contributed by atoms with E-state index in [0.717, 1.165) is 22.6 Å². The van der Waals surface area contributed by atoms with E-state index in [1.807, 2.05) is 55.5 Å². The molecule has 0 bridgehead atoms. The molecule has 5 heteroatoms. The molecule has 0 unspecified atom stereocenters. The highest BCUT2D eigenvalue weighted by Crippen LogP contribution is 2.19. The maximum Gasteiger partial charge on any atom is 0.224 e. The van der Waals surface area contributed by atoms with E-state index < -0.39 is 0 Å². The lowest BCUT2D eigenvalue weighted by Gasteiger charge is -2.11. The Balaban J connectivity index is 1.59. The molecule has 23 heavy (non-hydrogen) atoms. The Morgan fingerprint density at radius 1 is 1.22 bits per heavy atom. The number of fused-ring (bicyclic) bond motifs is 1. The van der Waals surface area contributed by atoms with E-state index in [1.54, 1.807) is 6.20 Å². The summed E-state index contributed by atoms with van der Waals surface area (Å²) in [6.07, 6.45) is 4.81. The van der Waals surface area contributed by atoms with Crippen molar-refractivity contribution in [2.75, 3.05) is 24.3 Å². The van der Waals surface area contributed by atoms with Crippen molar-refractivity contribution in [3.05, 3.63) is 54.4 Å². The van der Waals surface area contributed by atoms with Crippen molar-refractivity contribution in [3.63, 3.8) is 0 Å². The van der Waals surface area contributed by atoms with Crippen molar-refractivity contribution >= 4 is 28.3 Å². The van der Waals surface area contributed by atoms with Crippen LogP contribution in [0.4, 0.5) is 11.5 Å². The smallest absolute Gasteiger partial charge is 0.224 e. The Morgan fingerprint density at radius 3 is 2.78 bits per heavy atom. The lowest BCUT2D eigenvalue weighted by atomic mass is 10.1. The first-order valence-corrected chi connectivity index (χ1v) is 7.62. The van der Waals surface area contributed by atoms with Crippen LogP contribution in [0.3, 0.4) is 0 Å². The molecule has 3 aromatic rings. The number of aromatic nitrogens is 2. The van der Waals surface area contributed by atoms with Gasteiger partial charge in [0, 0.05) is 37.6 Å². The molecule has 2 heterocycles. The second-order valence-electron chi connectivity index (χ2n) is 5.71. The van der Waals surface area contributed by atoms with Crippen LogP contribution in [0.1, 0.15) is 12.0 Å². The number of hydrogen-bond donors (Lipinski definition) is 2. The standard InChI is InChI=1S/C18H20N4O/c1-22(2)17-9-8-14(12-20-17)21-18(23)10-7-13-11-19-16-6-4-3-5-15(13)16/h3-6,8-9,11-12,19H,7,10H2,1-2H3,(H,21,23). The van der Waals surface area contributed by atoms with Gasteiger partial charge in [0.2, 0.25) is 5.91 Å². The van der Waals surface area contributed by atoms with Gasteiger partial charge in [-0.2, -0.15) is 0 Å². The molecule has 0 aliphatic rings. The zero-order chi connectivity index (χ0) is 16.2. The Kier molecular flexibility index (Phi) is 4.28. The fourth-order valence-electron chi connectivity index (χ4n) is 2.53. The van der Waals surface area contributed by atoms with Gasteiger partial charge >= 0.3 is 0 Å². The number of amides is 1. The van der Waals surface area contributed by atoms with Crippen LogP contribution < -0.4 is 10.2 Å². The molecular weight excluding hydrogens is 288 g/mol. The Morgan fingerprint density at radius 2 is 2.04 bits per heavy atom. The number of aryl methyl sites for hydroxylation is 1. The molecular formula is C18H20N4O. The molecule has 2 N–H and O–H groups in total. The van der Waals surface area contributed by atoms with Gasteiger partial charge in [-0.25, -0.2) is 4.98 Å². The minimum absolute atomic E-state index is 0.00492. The monoisotopic (exact) mass is 308 g/mol. The van der Waals surface area contributed by atoms with Crippen LogP contribution in [0.15, 0.2) is 48.8 Å². The maximum atomic E-state index is 12.1. The van der Waals surface area contributed by atoms with Crippen LogP contribution in [-0.4, -0.2) is 30.0 Å². The van der Waals surface area contributed by atoms with Gasteiger partial charge in [-0.05, 0) is 30.2 Å². The average molecular weight is 308 g/mol. The molecule has 0 atom stereocenters. The van der Waals surface area contributed by atoms with Gasteiger partial charge in [0.15, 0.2) is 0 Å². The van der Waals surface area contributed by atoms with Crippen LogP contribution in [0.25, 0.3) is 10.9 Å². The Labute approximate surface area is 135 Å². The fraction of sp³-hybridized carbons (Fsp3) is 0.222. The molecule has 5 nitrogen and oxygen atoms in total. The number of carbonyl (C=O) groups is 1.